The second-order valence-electron chi connectivity index (χ2n) is 4.69. The lowest BCUT2D eigenvalue weighted by Crippen LogP contribution is -2.24. The molecule has 0 fully saturated rings. The number of halogens is 1. The van der Waals surface area contributed by atoms with Gasteiger partial charge in [0.05, 0.1) is 12.1 Å². The van der Waals surface area contributed by atoms with E-state index in [9.17, 15) is 0 Å². The molecule has 0 aliphatic carbocycles. The average Bonchev–Trinajstić information content (AvgIpc) is 2.91. The predicted octanol–water partition coefficient (Wildman–Crippen LogP) is 4.74. The Hall–Kier alpha value is -1.57. The molecular formula is C16H17BrN2O. The molecule has 2 aromatic rings. The number of hydrogen-bond donors (Lipinski definition) is 1. The number of rotatable bonds is 6. The monoisotopic (exact) mass is 332 g/mol. The minimum absolute atomic E-state index is 0.0881. The van der Waals surface area contributed by atoms with E-state index in [1.807, 2.05) is 30.3 Å². The standard InChI is InChI=1S/C16H17BrN2O/c1-12(15-9-10-16(17)20-15)19-14(8-5-11-18)13-6-3-2-4-7-13/h2-4,6-7,9-10,12,14,19H,5,8H2,1H3/t12-,14-/m0/s1. The van der Waals surface area contributed by atoms with E-state index in [0.717, 1.165) is 16.9 Å². The number of nitrogens with one attached hydrogen (secondary N) is 1. The first-order valence-corrected chi connectivity index (χ1v) is 7.43. The fourth-order valence-corrected chi connectivity index (χ4v) is 2.50. The molecule has 20 heavy (non-hydrogen) atoms. The van der Waals surface area contributed by atoms with Crippen LogP contribution in [-0.2, 0) is 0 Å². The summed E-state index contributed by atoms with van der Waals surface area (Å²) in [6.45, 7) is 2.06. The van der Waals surface area contributed by atoms with Crippen molar-refractivity contribution >= 4 is 15.9 Å². The highest BCUT2D eigenvalue weighted by Gasteiger charge is 2.17. The van der Waals surface area contributed by atoms with E-state index in [1.165, 1.54) is 5.56 Å². The summed E-state index contributed by atoms with van der Waals surface area (Å²) >= 11 is 3.32. The Labute approximate surface area is 127 Å². The molecule has 3 nitrogen and oxygen atoms in total. The molecule has 4 heteroatoms. The van der Waals surface area contributed by atoms with Crippen LogP contribution in [0.5, 0.6) is 0 Å². The van der Waals surface area contributed by atoms with Crippen LogP contribution in [-0.4, -0.2) is 0 Å². The first kappa shape index (κ1) is 14.8. The summed E-state index contributed by atoms with van der Waals surface area (Å²) in [5, 5.41) is 12.3. The number of benzene rings is 1. The number of furan rings is 1. The van der Waals surface area contributed by atoms with Crippen molar-refractivity contribution in [1.29, 1.82) is 5.26 Å². The van der Waals surface area contributed by atoms with E-state index in [4.69, 9.17) is 9.68 Å². The minimum Gasteiger partial charge on any atom is -0.453 e. The maximum Gasteiger partial charge on any atom is 0.169 e. The van der Waals surface area contributed by atoms with Gasteiger partial charge in [0.1, 0.15) is 5.76 Å². The molecule has 2 atom stereocenters. The smallest absolute Gasteiger partial charge is 0.169 e. The molecule has 0 unspecified atom stereocenters. The Kier molecular flexibility index (Phi) is 5.40. The lowest BCUT2D eigenvalue weighted by Gasteiger charge is -2.22. The van der Waals surface area contributed by atoms with E-state index < -0.39 is 0 Å². The molecule has 104 valence electrons. The van der Waals surface area contributed by atoms with Crippen molar-refractivity contribution < 1.29 is 4.42 Å². The average molecular weight is 333 g/mol. The molecule has 1 N–H and O–H groups in total. The van der Waals surface area contributed by atoms with Crippen LogP contribution >= 0.6 is 15.9 Å². The highest BCUT2D eigenvalue weighted by molar-refractivity contribution is 9.10. The van der Waals surface area contributed by atoms with Crippen LogP contribution in [0.3, 0.4) is 0 Å². The Balaban J connectivity index is 2.10. The molecule has 0 bridgehead atoms. The molecular weight excluding hydrogens is 316 g/mol. The van der Waals surface area contributed by atoms with Crippen molar-refractivity contribution in [3.05, 3.63) is 58.5 Å². The summed E-state index contributed by atoms with van der Waals surface area (Å²) in [5.74, 6) is 0.884. The molecule has 2 rings (SSSR count). The Morgan fingerprint density at radius 2 is 2.00 bits per heavy atom. The van der Waals surface area contributed by atoms with Gasteiger partial charge in [0.25, 0.3) is 0 Å². The van der Waals surface area contributed by atoms with Crippen molar-refractivity contribution in [1.82, 2.24) is 5.32 Å². The summed E-state index contributed by atoms with van der Waals surface area (Å²) in [7, 11) is 0. The van der Waals surface area contributed by atoms with Crippen LogP contribution in [0.25, 0.3) is 0 Å². The van der Waals surface area contributed by atoms with Crippen molar-refractivity contribution in [3.8, 4) is 6.07 Å². The second kappa shape index (κ2) is 7.28. The van der Waals surface area contributed by atoms with Crippen LogP contribution in [0.1, 0.15) is 43.2 Å². The van der Waals surface area contributed by atoms with Gasteiger partial charge < -0.3 is 9.73 Å². The number of hydrogen-bond acceptors (Lipinski definition) is 3. The molecule has 1 heterocycles. The van der Waals surface area contributed by atoms with E-state index in [2.05, 4.69) is 46.4 Å². The Morgan fingerprint density at radius 3 is 2.60 bits per heavy atom. The summed E-state index contributed by atoms with van der Waals surface area (Å²) in [6, 6.07) is 16.5. The fraction of sp³-hybridized carbons (Fsp3) is 0.312. The number of nitrogens with zero attached hydrogens (tertiary/aromatic N) is 1. The van der Waals surface area contributed by atoms with Gasteiger partial charge >= 0.3 is 0 Å². The minimum atomic E-state index is 0.0881. The SMILES string of the molecule is C[C@H](N[C@@H](CCC#N)c1ccccc1)c1ccc(Br)o1. The third-order valence-corrected chi connectivity index (χ3v) is 3.64. The van der Waals surface area contributed by atoms with Crippen LogP contribution in [0.4, 0.5) is 0 Å². The third kappa shape index (κ3) is 3.96. The van der Waals surface area contributed by atoms with Gasteiger partial charge in [-0.25, -0.2) is 0 Å². The lowest BCUT2D eigenvalue weighted by atomic mass is 10.0. The van der Waals surface area contributed by atoms with Gasteiger partial charge in [0.15, 0.2) is 4.67 Å². The molecule has 0 amide bonds. The van der Waals surface area contributed by atoms with E-state index >= 15 is 0 Å². The van der Waals surface area contributed by atoms with Gasteiger partial charge in [0, 0.05) is 12.5 Å². The van der Waals surface area contributed by atoms with Crippen molar-refractivity contribution in [2.24, 2.45) is 0 Å². The fourth-order valence-electron chi connectivity index (χ4n) is 2.19. The zero-order valence-corrected chi connectivity index (χ0v) is 12.9. The second-order valence-corrected chi connectivity index (χ2v) is 5.47. The van der Waals surface area contributed by atoms with Gasteiger partial charge in [-0.15, -0.1) is 0 Å². The van der Waals surface area contributed by atoms with E-state index in [-0.39, 0.29) is 12.1 Å². The lowest BCUT2D eigenvalue weighted by molar-refractivity contribution is 0.376. The van der Waals surface area contributed by atoms with Crippen LogP contribution in [0.15, 0.2) is 51.6 Å². The van der Waals surface area contributed by atoms with Gasteiger partial charge in [-0.1, -0.05) is 30.3 Å². The molecule has 0 spiro atoms. The van der Waals surface area contributed by atoms with Gasteiger partial charge in [-0.05, 0) is 47.0 Å². The largest absolute Gasteiger partial charge is 0.453 e. The molecule has 0 saturated heterocycles. The summed E-state index contributed by atoms with van der Waals surface area (Å²) in [4.78, 5) is 0. The maximum atomic E-state index is 8.81. The molecule has 0 radical (unpaired) electrons. The van der Waals surface area contributed by atoms with E-state index in [0.29, 0.717) is 6.42 Å². The Bertz CT molecular complexity index is 574. The summed E-state index contributed by atoms with van der Waals surface area (Å²) < 4.78 is 6.31. The Morgan fingerprint density at radius 1 is 1.25 bits per heavy atom. The van der Waals surface area contributed by atoms with Gasteiger partial charge in [-0.2, -0.15) is 5.26 Å². The topological polar surface area (TPSA) is 49.0 Å². The maximum absolute atomic E-state index is 8.81. The molecule has 1 aromatic heterocycles. The van der Waals surface area contributed by atoms with Crippen LogP contribution in [0, 0.1) is 11.3 Å². The quantitative estimate of drug-likeness (QED) is 0.831. The molecule has 0 aliphatic rings. The summed E-state index contributed by atoms with van der Waals surface area (Å²) in [6.07, 6.45) is 1.31. The van der Waals surface area contributed by atoms with Crippen molar-refractivity contribution in [3.63, 3.8) is 0 Å². The van der Waals surface area contributed by atoms with Crippen LogP contribution < -0.4 is 5.32 Å². The molecule has 1 aromatic carbocycles. The molecule has 0 aliphatic heterocycles. The van der Waals surface area contributed by atoms with Gasteiger partial charge in [0.2, 0.25) is 0 Å². The van der Waals surface area contributed by atoms with Crippen molar-refractivity contribution in [2.45, 2.75) is 31.8 Å². The first-order chi connectivity index (χ1) is 9.70. The predicted molar refractivity (Wildman–Crippen MR) is 82.0 cm³/mol. The zero-order valence-electron chi connectivity index (χ0n) is 11.3. The highest BCUT2D eigenvalue weighted by Crippen LogP contribution is 2.25. The highest BCUT2D eigenvalue weighted by atomic mass is 79.9. The normalized spacial score (nSPS) is 13.7. The molecule has 0 saturated carbocycles. The van der Waals surface area contributed by atoms with Gasteiger partial charge in [-0.3, -0.25) is 0 Å². The van der Waals surface area contributed by atoms with Crippen molar-refractivity contribution in [2.75, 3.05) is 0 Å². The first-order valence-electron chi connectivity index (χ1n) is 6.64. The number of nitriles is 1. The third-order valence-electron chi connectivity index (χ3n) is 3.22. The zero-order chi connectivity index (χ0) is 14.4. The van der Waals surface area contributed by atoms with E-state index in [1.54, 1.807) is 0 Å². The van der Waals surface area contributed by atoms with Crippen LogP contribution in [0.2, 0.25) is 0 Å². The summed E-state index contributed by atoms with van der Waals surface area (Å²) in [5.41, 5.74) is 1.19.